The van der Waals surface area contributed by atoms with Crippen LogP contribution in [-0.2, 0) is 10.3 Å². The van der Waals surface area contributed by atoms with Crippen LogP contribution in [0.15, 0.2) is 48.8 Å². The zero-order valence-electron chi connectivity index (χ0n) is 25.6. The highest BCUT2D eigenvalue weighted by molar-refractivity contribution is 6.35. The number of hydrogen-bond acceptors (Lipinski definition) is 8. The Labute approximate surface area is 263 Å². The lowest BCUT2D eigenvalue weighted by molar-refractivity contribution is 0.0481. The van der Waals surface area contributed by atoms with E-state index in [-0.39, 0.29) is 22.1 Å². The summed E-state index contributed by atoms with van der Waals surface area (Å²) < 4.78 is 49.9. The first-order valence-electron chi connectivity index (χ1n) is 14.1. The Balaban J connectivity index is 1.75. The minimum atomic E-state index is -3.10. The van der Waals surface area contributed by atoms with E-state index in [1.54, 1.807) is 59.7 Å². The SMILES string of the molecule is Cc1nc2ccc(-c3cnc(C(C)(C)O)nc3)cc2c(N[C@@H](c2cc(C(CO)NC(=O)OC(C)(C)C)ccc2F)C(F)F)c1Cl. The standard InChI is InChI=1S/C32H35ClF3N5O4/c1-16-25(33)26(21-11-17(8-10-23(21)39-16)19-13-37-29(38-14-19)32(5,6)44)41-27(28(35)36)20-12-18(7-9-22(20)34)24(15-42)40-30(43)45-31(2,3)4/h7-14,24,27-28,42,44H,15H2,1-6H3,(H,39,41)(H,40,43)/t24?,27-/m0/s1. The fourth-order valence-electron chi connectivity index (χ4n) is 4.61. The first kappa shape index (κ1) is 33.9. The van der Waals surface area contributed by atoms with Crippen LogP contribution in [0, 0.1) is 12.7 Å². The van der Waals surface area contributed by atoms with Gasteiger partial charge in [-0.25, -0.2) is 27.9 Å². The number of carbonyl (C=O) groups is 1. The predicted octanol–water partition coefficient (Wildman–Crippen LogP) is 7.00. The van der Waals surface area contributed by atoms with Crippen molar-refractivity contribution in [3.8, 4) is 11.1 Å². The number of aliphatic hydroxyl groups is 2. The van der Waals surface area contributed by atoms with Gasteiger partial charge < -0.3 is 25.6 Å². The number of nitrogens with zero attached hydrogens (tertiary/aromatic N) is 3. The van der Waals surface area contributed by atoms with Gasteiger partial charge in [0, 0.05) is 28.9 Å². The van der Waals surface area contributed by atoms with Crippen LogP contribution < -0.4 is 10.6 Å². The van der Waals surface area contributed by atoms with Crippen molar-refractivity contribution in [2.24, 2.45) is 0 Å². The highest BCUT2D eigenvalue weighted by Gasteiger charge is 2.29. The van der Waals surface area contributed by atoms with E-state index in [2.05, 4.69) is 25.6 Å². The first-order chi connectivity index (χ1) is 21.0. The molecule has 4 N–H and O–H groups in total. The Hall–Kier alpha value is -4.00. The Morgan fingerprint density at radius 2 is 1.71 bits per heavy atom. The number of pyridine rings is 1. The van der Waals surface area contributed by atoms with Crippen LogP contribution in [0.1, 0.15) is 69.3 Å². The van der Waals surface area contributed by atoms with E-state index in [9.17, 15) is 23.8 Å². The molecule has 13 heteroatoms. The molecule has 2 aromatic carbocycles. The molecule has 4 rings (SSSR count). The van der Waals surface area contributed by atoms with Gasteiger partial charge in [0.15, 0.2) is 5.82 Å². The molecule has 1 unspecified atom stereocenters. The van der Waals surface area contributed by atoms with Crippen molar-refractivity contribution in [2.75, 3.05) is 11.9 Å². The first-order valence-corrected chi connectivity index (χ1v) is 14.5. The fraction of sp³-hybridized carbons (Fsp3) is 0.375. The summed E-state index contributed by atoms with van der Waals surface area (Å²) in [4.78, 5) is 25.3. The molecule has 0 aliphatic heterocycles. The molecule has 0 fully saturated rings. The van der Waals surface area contributed by atoms with Gasteiger partial charge >= 0.3 is 6.09 Å². The largest absolute Gasteiger partial charge is 0.444 e. The molecule has 9 nitrogen and oxygen atoms in total. The number of alkyl halides is 2. The van der Waals surface area contributed by atoms with Gasteiger partial charge in [-0.1, -0.05) is 23.7 Å². The Morgan fingerprint density at radius 3 is 2.29 bits per heavy atom. The predicted molar refractivity (Wildman–Crippen MR) is 166 cm³/mol. The van der Waals surface area contributed by atoms with E-state index in [0.29, 0.717) is 27.7 Å². The monoisotopic (exact) mass is 645 g/mol. The summed E-state index contributed by atoms with van der Waals surface area (Å²) in [6.45, 7) is 9.13. The lowest BCUT2D eigenvalue weighted by Crippen LogP contribution is -2.36. The van der Waals surface area contributed by atoms with E-state index in [4.69, 9.17) is 16.3 Å². The van der Waals surface area contributed by atoms with Crippen LogP contribution in [0.25, 0.3) is 22.0 Å². The average molecular weight is 646 g/mol. The smallest absolute Gasteiger partial charge is 0.408 e. The number of hydrogen-bond donors (Lipinski definition) is 4. The van der Waals surface area contributed by atoms with Crippen molar-refractivity contribution < 1.29 is 32.9 Å². The lowest BCUT2D eigenvalue weighted by Gasteiger charge is -2.25. The van der Waals surface area contributed by atoms with Crippen LogP contribution in [0.4, 0.5) is 23.7 Å². The molecule has 0 bridgehead atoms. The second-order valence-electron chi connectivity index (χ2n) is 12.1. The van der Waals surface area contributed by atoms with E-state index < -0.39 is 53.8 Å². The summed E-state index contributed by atoms with van der Waals surface area (Å²) in [5.74, 6) is -0.704. The van der Waals surface area contributed by atoms with Crippen LogP contribution in [0.2, 0.25) is 5.02 Å². The van der Waals surface area contributed by atoms with Gasteiger partial charge in [-0.3, -0.25) is 4.98 Å². The van der Waals surface area contributed by atoms with Crippen LogP contribution >= 0.6 is 11.6 Å². The van der Waals surface area contributed by atoms with Crippen LogP contribution in [-0.4, -0.2) is 49.9 Å². The second-order valence-corrected chi connectivity index (χ2v) is 12.5. The Morgan fingerprint density at radius 1 is 1.04 bits per heavy atom. The summed E-state index contributed by atoms with van der Waals surface area (Å²) in [7, 11) is 0. The number of alkyl carbamates (subject to hydrolysis) is 1. The topological polar surface area (TPSA) is 129 Å². The van der Waals surface area contributed by atoms with Gasteiger partial charge in [0.1, 0.15) is 23.1 Å². The Bertz CT molecular complexity index is 1690. The number of aromatic nitrogens is 3. The van der Waals surface area contributed by atoms with Crippen LogP contribution in [0.5, 0.6) is 0 Å². The van der Waals surface area contributed by atoms with Crippen molar-refractivity contribution in [1.82, 2.24) is 20.3 Å². The normalized spacial score (nSPS) is 13.5. The zero-order chi connectivity index (χ0) is 33.3. The number of anilines is 1. The van der Waals surface area contributed by atoms with Gasteiger partial charge in [0.05, 0.1) is 34.6 Å². The van der Waals surface area contributed by atoms with Gasteiger partial charge in [-0.05, 0) is 76.9 Å². The number of nitrogens with one attached hydrogen (secondary N) is 2. The molecule has 0 spiro atoms. The number of rotatable bonds is 9. The molecular formula is C32H35ClF3N5O4. The van der Waals surface area contributed by atoms with E-state index in [0.717, 1.165) is 12.1 Å². The lowest BCUT2D eigenvalue weighted by atomic mass is 9.98. The van der Waals surface area contributed by atoms with Gasteiger partial charge in [0.2, 0.25) is 0 Å². The van der Waals surface area contributed by atoms with Crippen molar-refractivity contribution in [3.05, 3.63) is 82.3 Å². The number of ether oxygens (including phenoxy) is 1. The molecule has 2 aromatic heterocycles. The molecule has 0 saturated carbocycles. The molecule has 0 radical (unpaired) electrons. The maximum absolute atomic E-state index is 15.2. The number of benzene rings is 2. The second kappa shape index (κ2) is 13.2. The highest BCUT2D eigenvalue weighted by atomic mass is 35.5. The van der Waals surface area contributed by atoms with Gasteiger partial charge in [0.25, 0.3) is 6.43 Å². The number of halogens is 4. The van der Waals surface area contributed by atoms with Crippen molar-refractivity contribution in [2.45, 2.75) is 71.3 Å². The van der Waals surface area contributed by atoms with E-state index in [1.807, 2.05) is 0 Å². The average Bonchev–Trinajstić information content (AvgIpc) is 2.95. The van der Waals surface area contributed by atoms with Crippen molar-refractivity contribution in [3.63, 3.8) is 0 Å². The highest BCUT2D eigenvalue weighted by Crippen LogP contribution is 2.39. The zero-order valence-corrected chi connectivity index (χ0v) is 26.4. The number of amides is 1. The quantitative estimate of drug-likeness (QED) is 0.153. The van der Waals surface area contributed by atoms with Crippen molar-refractivity contribution in [1.29, 1.82) is 0 Å². The van der Waals surface area contributed by atoms with Gasteiger partial charge in [-0.2, -0.15) is 0 Å². The summed E-state index contributed by atoms with van der Waals surface area (Å²) >= 11 is 6.62. The third-order valence-electron chi connectivity index (χ3n) is 6.81. The minimum Gasteiger partial charge on any atom is -0.444 e. The Kier molecular flexibility index (Phi) is 9.91. The molecular weight excluding hydrogens is 611 g/mol. The van der Waals surface area contributed by atoms with Crippen molar-refractivity contribution >= 4 is 34.3 Å². The molecule has 0 saturated heterocycles. The molecule has 2 heterocycles. The molecule has 45 heavy (non-hydrogen) atoms. The third kappa shape index (κ3) is 7.99. The third-order valence-corrected chi connectivity index (χ3v) is 7.27. The number of carbonyl (C=O) groups excluding carboxylic acids is 1. The summed E-state index contributed by atoms with van der Waals surface area (Å²) in [6.07, 6.45) is -0.878. The summed E-state index contributed by atoms with van der Waals surface area (Å²) in [6, 6.07) is 5.63. The number of aryl methyl sites for hydroxylation is 1. The molecule has 0 aliphatic carbocycles. The maximum Gasteiger partial charge on any atom is 0.408 e. The molecule has 2 atom stereocenters. The fourth-order valence-corrected chi connectivity index (χ4v) is 4.81. The number of aliphatic hydroxyl groups excluding tert-OH is 1. The van der Waals surface area contributed by atoms with Gasteiger partial charge in [-0.15, -0.1) is 0 Å². The number of fused-ring (bicyclic) bond motifs is 1. The minimum absolute atomic E-state index is 0.0651. The molecule has 4 aromatic rings. The molecule has 0 aliphatic rings. The summed E-state index contributed by atoms with van der Waals surface area (Å²) in [5.41, 5.74) is -0.158. The van der Waals surface area contributed by atoms with E-state index in [1.165, 1.54) is 18.5 Å². The maximum atomic E-state index is 15.2. The van der Waals surface area contributed by atoms with E-state index >= 15 is 4.39 Å². The van der Waals surface area contributed by atoms with Crippen LogP contribution in [0.3, 0.4) is 0 Å². The molecule has 1 amide bonds. The molecule has 240 valence electrons. The summed E-state index contributed by atoms with van der Waals surface area (Å²) in [5, 5.41) is 25.8.